The largest absolute Gasteiger partial charge is 0.496 e. The zero-order valence-corrected chi connectivity index (χ0v) is 31.5. The average Bonchev–Trinajstić information content (AvgIpc) is 3.12. The van der Waals surface area contributed by atoms with E-state index in [0.29, 0.717) is 48.7 Å². The fourth-order valence-electron chi connectivity index (χ4n) is 6.37. The van der Waals surface area contributed by atoms with Crippen LogP contribution in [-0.4, -0.2) is 55.1 Å². The number of fused-ring (bicyclic) bond motifs is 1. The topological polar surface area (TPSA) is 102 Å². The second-order valence-corrected chi connectivity index (χ2v) is 13.9. The molecule has 1 amide bonds. The number of carboxylic acids is 1. The lowest BCUT2D eigenvalue weighted by Gasteiger charge is -2.32. The molecule has 5 rings (SSSR count). The molecule has 0 saturated carbocycles. The number of primary amides is 1. The van der Waals surface area contributed by atoms with E-state index in [1.165, 1.54) is 17.8 Å². The first kappa shape index (κ1) is 41.0. The molecule has 1 aliphatic heterocycles. The molecule has 0 bridgehead atoms. The first-order valence-electron chi connectivity index (χ1n) is 17.5. The van der Waals surface area contributed by atoms with Gasteiger partial charge in [0.2, 0.25) is 0 Å². The average molecular weight is 749 g/mol. The number of hydrogen-bond acceptors (Lipinski definition) is 6. The molecule has 4 aromatic carbocycles. The molecule has 1 saturated heterocycles. The predicted octanol–water partition coefficient (Wildman–Crippen LogP) is 10.0. The van der Waals surface area contributed by atoms with Gasteiger partial charge in [0, 0.05) is 49.4 Å². The van der Waals surface area contributed by atoms with E-state index in [0.717, 1.165) is 50.8 Å². The normalized spacial score (nSPS) is 14.1. The summed E-state index contributed by atoms with van der Waals surface area (Å²) in [5.74, 6) is -3.47. The highest BCUT2D eigenvalue weighted by atomic mass is 32.2. The van der Waals surface area contributed by atoms with E-state index in [-0.39, 0.29) is 24.8 Å². The van der Waals surface area contributed by atoms with Crippen LogP contribution in [0.4, 0.5) is 13.2 Å². The van der Waals surface area contributed by atoms with Crippen LogP contribution in [0.1, 0.15) is 71.6 Å². The monoisotopic (exact) mass is 748 g/mol. The number of carbonyl (C=O) groups excluding carboxylic acids is 1. The van der Waals surface area contributed by atoms with Crippen LogP contribution in [0.5, 0.6) is 11.5 Å². The number of thioether (sulfide) groups is 1. The number of ether oxygens (including phenoxy) is 2. The van der Waals surface area contributed by atoms with Gasteiger partial charge in [0.25, 0.3) is 11.8 Å². The van der Waals surface area contributed by atoms with Gasteiger partial charge >= 0.3 is 5.97 Å². The van der Waals surface area contributed by atoms with Gasteiger partial charge in [-0.25, -0.2) is 13.2 Å². The Morgan fingerprint density at radius 3 is 2.34 bits per heavy atom. The van der Waals surface area contributed by atoms with Gasteiger partial charge in [0.15, 0.2) is 0 Å². The number of benzene rings is 4. The van der Waals surface area contributed by atoms with Crippen LogP contribution < -0.4 is 15.2 Å². The molecular formula is C42H47F3N2O5S. The maximum absolute atomic E-state index is 13.8. The highest BCUT2D eigenvalue weighted by Gasteiger charge is 2.34. The minimum atomic E-state index is -2.59. The molecule has 53 heavy (non-hydrogen) atoms. The molecule has 1 heterocycles. The molecule has 0 radical (unpaired) electrons. The van der Waals surface area contributed by atoms with Crippen LogP contribution >= 0.6 is 11.8 Å². The second-order valence-electron chi connectivity index (χ2n) is 12.9. The van der Waals surface area contributed by atoms with Gasteiger partial charge in [-0.05, 0) is 76.4 Å². The minimum absolute atomic E-state index is 0.0527. The molecule has 1 fully saturated rings. The van der Waals surface area contributed by atoms with Gasteiger partial charge < -0.3 is 20.3 Å². The van der Waals surface area contributed by atoms with Crippen LogP contribution in [-0.2, 0) is 17.8 Å². The molecular weight excluding hydrogens is 702 g/mol. The van der Waals surface area contributed by atoms with Gasteiger partial charge in [-0.15, -0.1) is 0 Å². The Kier molecular flexibility index (Phi) is 14.6. The number of alkyl halides is 2. The molecule has 0 aliphatic carbocycles. The van der Waals surface area contributed by atoms with E-state index in [9.17, 15) is 22.8 Å². The molecule has 282 valence electrons. The molecule has 0 aromatic heterocycles. The van der Waals surface area contributed by atoms with E-state index in [1.54, 1.807) is 27.2 Å². The van der Waals surface area contributed by atoms with Crippen LogP contribution in [0.2, 0.25) is 0 Å². The number of amides is 1. The first-order chi connectivity index (χ1) is 25.3. The number of carboxylic acid groups (broad SMARTS) is 1. The Bertz CT molecular complexity index is 1950. The summed E-state index contributed by atoms with van der Waals surface area (Å²) >= 11 is 1.44. The fourth-order valence-corrected chi connectivity index (χ4v) is 7.02. The number of rotatable bonds is 14. The predicted molar refractivity (Wildman–Crippen MR) is 208 cm³/mol. The van der Waals surface area contributed by atoms with E-state index >= 15 is 0 Å². The third kappa shape index (κ3) is 10.7. The van der Waals surface area contributed by atoms with Crippen molar-refractivity contribution < 1.29 is 37.3 Å². The minimum Gasteiger partial charge on any atom is -0.496 e. The van der Waals surface area contributed by atoms with Crippen molar-refractivity contribution in [2.24, 2.45) is 5.73 Å². The number of aliphatic carboxylic acids is 1. The Morgan fingerprint density at radius 2 is 1.72 bits per heavy atom. The summed E-state index contributed by atoms with van der Waals surface area (Å²) in [6.45, 7) is 8.84. The molecule has 3 N–H and O–H groups in total. The molecule has 1 aliphatic rings. The zero-order valence-electron chi connectivity index (χ0n) is 30.6. The lowest BCUT2D eigenvalue weighted by atomic mass is 9.92. The van der Waals surface area contributed by atoms with Crippen LogP contribution in [0.3, 0.4) is 0 Å². The number of hydrogen-bond donors (Lipinski definition) is 2. The lowest BCUT2D eigenvalue weighted by molar-refractivity contribution is -0.136. The number of nitrogens with two attached hydrogens (primary N) is 1. The summed E-state index contributed by atoms with van der Waals surface area (Å²) in [5.41, 5.74) is 9.86. The Morgan fingerprint density at radius 1 is 1.02 bits per heavy atom. The van der Waals surface area contributed by atoms with Gasteiger partial charge in [-0.2, -0.15) is 0 Å². The summed E-state index contributed by atoms with van der Waals surface area (Å²) in [5, 5.41) is 13.0. The number of nitrogens with zero attached hydrogens (tertiary/aromatic N) is 1. The Labute approximate surface area is 313 Å². The third-order valence-corrected chi connectivity index (χ3v) is 9.96. The van der Waals surface area contributed by atoms with E-state index in [4.69, 9.17) is 20.3 Å². The summed E-state index contributed by atoms with van der Waals surface area (Å²) in [6.07, 6.45) is 4.36. The van der Waals surface area contributed by atoms with Crippen molar-refractivity contribution in [1.29, 1.82) is 0 Å². The van der Waals surface area contributed by atoms with Crippen molar-refractivity contribution in [2.45, 2.75) is 64.8 Å². The van der Waals surface area contributed by atoms with E-state index in [2.05, 4.69) is 19.6 Å². The number of halogens is 3. The van der Waals surface area contributed by atoms with Crippen molar-refractivity contribution >= 4 is 39.3 Å². The number of carbonyl (C=O) groups is 2. The van der Waals surface area contributed by atoms with Gasteiger partial charge in [-0.3, -0.25) is 14.5 Å². The molecule has 0 spiro atoms. The quantitative estimate of drug-likeness (QED) is 0.132. The zero-order chi connectivity index (χ0) is 38.7. The van der Waals surface area contributed by atoms with E-state index < -0.39 is 23.6 Å². The first-order valence-corrected chi connectivity index (χ1v) is 18.4. The van der Waals surface area contributed by atoms with Crippen molar-refractivity contribution in [3.8, 4) is 22.6 Å². The van der Waals surface area contributed by atoms with E-state index in [1.807, 2.05) is 58.8 Å². The van der Waals surface area contributed by atoms with Gasteiger partial charge in [0.05, 0.1) is 25.3 Å². The summed E-state index contributed by atoms with van der Waals surface area (Å²) < 4.78 is 52.6. The number of methoxy groups -OCH3 is 2. The maximum atomic E-state index is 13.8. The number of piperidine rings is 1. The fraction of sp³-hybridized carbons (Fsp3) is 0.333. The lowest BCUT2D eigenvalue weighted by Crippen LogP contribution is -2.38. The van der Waals surface area contributed by atoms with Crippen LogP contribution in [0.15, 0.2) is 78.7 Å². The number of aryl methyl sites for hydroxylation is 2. The van der Waals surface area contributed by atoms with Crippen molar-refractivity contribution in [1.82, 2.24) is 4.90 Å². The van der Waals surface area contributed by atoms with Crippen LogP contribution in [0, 0.1) is 12.7 Å². The molecule has 0 unspecified atom stereocenters. The third-order valence-electron chi connectivity index (χ3n) is 9.11. The Hall–Kier alpha value is -4.74. The van der Waals surface area contributed by atoms with Crippen LogP contribution in [0.25, 0.3) is 26.8 Å². The highest BCUT2D eigenvalue weighted by molar-refractivity contribution is 8.10. The molecule has 0 atom stereocenters. The van der Waals surface area contributed by atoms with Crippen molar-refractivity contribution in [2.75, 3.05) is 27.3 Å². The molecule has 7 nitrogen and oxygen atoms in total. The van der Waals surface area contributed by atoms with Crippen molar-refractivity contribution in [3.05, 3.63) is 112 Å². The number of likely N-dealkylation sites (tertiary alicyclic amines) is 1. The number of allylic oxidation sites excluding steroid dienone is 1. The van der Waals surface area contributed by atoms with Gasteiger partial charge in [-0.1, -0.05) is 80.2 Å². The Balaban J connectivity index is 0.000000281. The summed E-state index contributed by atoms with van der Waals surface area (Å²) in [7, 11) is 3.21. The maximum Gasteiger partial charge on any atom is 0.303 e. The second kappa shape index (κ2) is 18.8. The summed E-state index contributed by atoms with van der Waals surface area (Å²) in [6, 6.07) is 18.7. The van der Waals surface area contributed by atoms with Crippen molar-refractivity contribution in [3.63, 3.8) is 0 Å². The SMILES string of the molecule is C=C(S/C=C\CCC)c1cc(C)c(C(N)=O)c(F)c1.COc1ccc(CN2CCC(F)(F)CC2)c(OC)c1-c1cccc2c(CCC(=O)O)cccc12. The molecule has 11 heteroatoms. The highest BCUT2D eigenvalue weighted by Crippen LogP contribution is 2.45. The van der Waals surface area contributed by atoms with Gasteiger partial charge in [0.1, 0.15) is 17.3 Å². The number of unbranched alkanes of at least 4 members (excludes halogenated alkanes) is 1. The smallest absolute Gasteiger partial charge is 0.303 e. The standard InChI is InChI=1S/C27H29F2NO4.C15H18FNOS/c1-33-23-11-9-19(17-30-15-13-27(28,29)14-16-30)26(34-2)25(23)22-8-4-6-20-18(10-12-24(31)32)5-3-7-21(20)22;1-4-5-6-7-19-11(3)12-8-10(2)14(15(17)18)13(16)9-12/h3-9,11H,10,12-17H2,1-2H3,(H,31,32);6-9H,3-5H2,1-2H3,(H2,17,18)/b;7-6-. The summed E-state index contributed by atoms with van der Waals surface area (Å²) in [4.78, 5) is 25.0. The molecule has 4 aromatic rings.